The van der Waals surface area contributed by atoms with Gasteiger partial charge in [-0.15, -0.1) is 0 Å². The zero-order chi connectivity index (χ0) is 16.6. The molecule has 0 saturated carbocycles. The summed E-state index contributed by atoms with van der Waals surface area (Å²) in [6.07, 6.45) is -0.285. The molecule has 0 saturated heterocycles. The summed E-state index contributed by atoms with van der Waals surface area (Å²) in [5.74, 6) is 0. The molecule has 5 nitrogen and oxygen atoms in total. The molecule has 2 heterocycles. The van der Waals surface area contributed by atoms with Crippen LogP contribution in [0.15, 0.2) is 34.9 Å². The number of carbonyl (C=O) groups excluding carboxylic acids is 1. The molecule has 6 heteroatoms. The lowest BCUT2D eigenvalue weighted by molar-refractivity contribution is 0.0238. The van der Waals surface area contributed by atoms with E-state index in [1.165, 1.54) is 5.56 Å². The van der Waals surface area contributed by atoms with Crippen LogP contribution in [0.5, 0.6) is 0 Å². The van der Waals surface area contributed by atoms with E-state index in [0.717, 1.165) is 15.9 Å². The fourth-order valence-corrected chi connectivity index (χ4v) is 3.15. The molecular weight excluding hydrogens is 358 g/mol. The van der Waals surface area contributed by atoms with Crippen molar-refractivity contribution >= 4 is 22.0 Å². The minimum absolute atomic E-state index is 0.285. The minimum Gasteiger partial charge on any atom is -0.444 e. The van der Waals surface area contributed by atoms with E-state index in [1.54, 1.807) is 4.90 Å². The van der Waals surface area contributed by atoms with Crippen molar-refractivity contribution in [2.75, 3.05) is 0 Å². The van der Waals surface area contributed by atoms with Crippen LogP contribution in [-0.4, -0.2) is 26.4 Å². The first-order chi connectivity index (χ1) is 10.8. The monoisotopic (exact) mass is 377 g/mol. The predicted octanol–water partition coefficient (Wildman–Crippen LogP) is 3.94. The highest BCUT2D eigenvalue weighted by atomic mass is 79.9. The Bertz CT molecular complexity index is 719. The maximum Gasteiger partial charge on any atom is 0.410 e. The first-order valence-corrected chi connectivity index (χ1v) is 8.39. The first-order valence-electron chi connectivity index (χ1n) is 7.59. The van der Waals surface area contributed by atoms with Gasteiger partial charge in [-0.3, -0.25) is 9.58 Å². The molecule has 0 bridgehead atoms. The fraction of sp³-hybridized carbons (Fsp3) is 0.412. The number of hydrogen-bond donors (Lipinski definition) is 0. The standard InChI is InChI=1S/C17H20BrN3O2/c1-17(2,3)23-16(22)20-10-13-14(11-20)21(19-15(13)18)9-12-7-5-4-6-8-12/h4-8H,9-11H2,1-3H3. The van der Waals surface area contributed by atoms with E-state index >= 15 is 0 Å². The van der Waals surface area contributed by atoms with Gasteiger partial charge in [-0.25, -0.2) is 4.79 Å². The molecule has 0 N–H and O–H groups in total. The molecule has 0 fully saturated rings. The van der Waals surface area contributed by atoms with E-state index in [9.17, 15) is 4.79 Å². The van der Waals surface area contributed by atoms with Gasteiger partial charge >= 0.3 is 6.09 Å². The van der Waals surface area contributed by atoms with E-state index in [0.29, 0.717) is 19.6 Å². The molecule has 2 aromatic rings. The average Bonchev–Trinajstić information content (AvgIpc) is 3.01. The van der Waals surface area contributed by atoms with Crippen LogP contribution in [0.25, 0.3) is 0 Å². The average molecular weight is 378 g/mol. The topological polar surface area (TPSA) is 47.4 Å². The van der Waals surface area contributed by atoms with Crippen molar-refractivity contribution < 1.29 is 9.53 Å². The summed E-state index contributed by atoms with van der Waals surface area (Å²) < 4.78 is 8.22. The molecule has 0 unspecified atom stereocenters. The zero-order valence-corrected chi connectivity index (χ0v) is 15.1. The maximum absolute atomic E-state index is 12.3. The largest absolute Gasteiger partial charge is 0.444 e. The first kappa shape index (κ1) is 16.1. The Balaban J connectivity index is 1.78. The Kier molecular flexibility index (Phi) is 4.19. The summed E-state index contributed by atoms with van der Waals surface area (Å²) in [5, 5.41) is 4.55. The van der Waals surface area contributed by atoms with Gasteiger partial charge in [0, 0.05) is 5.56 Å². The Morgan fingerprint density at radius 3 is 2.61 bits per heavy atom. The van der Waals surface area contributed by atoms with Crippen molar-refractivity contribution in [3.05, 3.63) is 51.8 Å². The summed E-state index contributed by atoms with van der Waals surface area (Å²) in [4.78, 5) is 14.0. The molecule has 0 radical (unpaired) electrons. The smallest absolute Gasteiger partial charge is 0.410 e. The van der Waals surface area contributed by atoms with Gasteiger partial charge in [0.1, 0.15) is 10.2 Å². The van der Waals surface area contributed by atoms with Crippen LogP contribution in [0.2, 0.25) is 0 Å². The third-order valence-electron chi connectivity index (χ3n) is 3.63. The van der Waals surface area contributed by atoms with Gasteiger partial charge in [0.2, 0.25) is 0 Å². The third-order valence-corrected chi connectivity index (χ3v) is 4.27. The predicted molar refractivity (Wildman–Crippen MR) is 91.0 cm³/mol. The lowest BCUT2D eigenvalue weighted by Gasteiger charge is -2.24. The van der Waals surface area contributed by atoms with Crippen LogP contribution in [0.3, 0.4) is 0 Å². The second-order valence-electron chi connectivity index (χ2n) is 6.70. The second kappa shape index (κ2) is 6.00. The molecule has 3 rings (SSSR count). The molecular formula is C17H20BrN3O2. The number of amides is 1. The summed E-state index contributed by atoms with van der Waals surface area (Å²) in [6.45, 7) is 7.37. The summed E-state index contributed by atoms with van der Waals surface area (Å²) >= 11 is 3.51. The normalized spacial score (nSPS) is 14.0. The number of benzene rings is 1. The van der Waals surface area contributed by atoms with Crippen LogP contribution in [-0.2, 0) is 24.4 Å². The molecule has 23 heavy (non-hydrogen) atoms. The SMILES string of the molecule is CC(C)(C)OC(=O)N1Cc2c(Br)nn(Cc3ccccc3)c2C1. The number of fused-ring (bicyclic) bond motifs is 1. The van der Waals surface area contributed by atoms with E-state index in [4.69, 9.17) is 4.74 Å². The molecule has 0 atom stereocenters. The van der Waals surface area contributed by atoms with Crippen molar-refractivity contribution in [2.45, 2.75) is 46.0 Å². The number of aromatic nitrogens is 2. The van der Waals surface area contributed by atoms with Crippen LogP contribution < -0.4 is 0 Å². The summed E-state index contributed by atoms with van der Waals surface area (Å²) in [5.41, 5.74) is 2.82. The Morgan fingerprint density at radius 2 is 1.96 bits per heavy atom. The van der Waals surface area contributed by atoms with Crippen LogP contribution in [0.4, 0.5) is 4.79 Å². The molecule has 0 aliphatic carbocycles. The van der Waals surface area contributed by atoms with Crippen LogP contribution in [0, 0.1) is 0 Å². The molecule has 1 aromatic carbocycles. The number of rotatable bonds is 2. The third kappa shape index (κ3) is 3.58. The molecule has 1 aliphatic rings. The van der Waals surface area contributed by atoms with Gasteiger partial charge in [-0.2, -0.15) is 5.10 Å². The second-order valence-corrected chi connectivity index (χ2v) is 7.45. The van der Waals surface area contributed by atoms with Crippen molar-refractivity contribution in [1.29, 1.82) is 0 Å². The van der Waals surface area contributed by atoms with Crippen molar-refractivity contribution in [1.82, 2.24) is 14.7 Å². The molecule has 1 aliphatic heterocycles. The van der Waals surface area contributed by atoms with Gasteiger partial charge < -0.3 is 4.74 Å². The molecule has 1 aromatic heterocycles. The van der Waals surface area contributed by atoms with E-state index in [2.05, 4.69) is 33.2 Å². The van der Waals surface area contributed by atoms with Gasteiger partial charge in [0.15, 0.2) is 0 Å². The van der Waals surface area contributed by atoms with Gasteiger partial charge in [0.25, 0.3) is 0 Å². The van der Waals surface area contributed by atoms with E-state index < -0.39 is 5.60 Å². The van der Waals surface area contributed by atoms with Crippen molar-refractivity contribution in [3.8, 4) is 0 Å². The van der Waals surface area contributed by atoms with Gasteiger partial charge in [0.05, 0.1) is 25.3 Å². The van der Waals surface area contributed by atoms with Crippen LogP contribution >= 0.6 is 15.9 Å². The number of halogens is 1. The number of nitrogens with zero attached hydrogens (tertiary/aromatic N) is 3. The lowest BCUT2D eigenvalue weighted by Crippen LogP contribution is -2.33. The fourth-order valence-electron chi connectivity index (χ4n) is 2.61. The highest BCUT2D eigenvalue weighted by Crippen LogP contribution is 2.30. The van der Waals surface area contributed by atoms with Crippen molar-refractivity contribution in [3.63, 3.8) is 0 Å². The zero-order valence-electron chi connectivity index (χ0n) is 13.5. The number of carbonyl (C=O) groups is 1. The highest BCUT2D eigenvalue weighted by molar-refractivity contribution is 9.10. The molecule has 0 spiro atoms. The maximum atomic E-state index is 12.3. The summed E-state index contributed by atoms with van der Waals surface area (Å²) in [6, 6.07) is 10.2. The van der Waals surface area contributed by atoms with Crippen molar-refractivity contribution in [2.24, 2.45) is 0 Å². The highest BCUT2D eigenvalue weighted by Gasteiger charge is 2.32. The van der Waals surface area contributed by atoms with E-state index in [1.807, 2.05) is 43.7 Å². The minimum atomic E-state index is -0.487. The molecule has 122 valence electrons. The quantitative estimate of drug-likeness (QED) is 0.795. The number of ether oxygens (including phenoxy) is 1. The Morgan fingerprint density at radius 1 is 1.26 bits per heavy atom. The van der Waals surface area contributed by atoms with Crippen LogP contribution in [0.1, 0.15) is 37.6 Å². The molecule has 1 amide bonds. The summed E-state index contributed by atoms with van der Waals surface area (Å²) in [7, 11) is 0. The van der Waals surface area contributed by atoms with Gasteiger partial charge in [-0.1, -0.05) is 30.3 Å². The number of hydrogen-bond acceptors (Lipinski definition) is 3. The van der Waals surface area contributed by atoms with E-state index in [-0.39, 0.29) is 6.09 Å². The Hall–Kier alpha value is -1.82. The lowest BCUT2D eigenvalue weighted by atomic mass is 10.2. The van der Waals surface area contributed by atoms with Gasteiger partial charge in [-0.05, 0) is 42.3 Å². The Labute approximate surface area is 144 Å².